The van der Waals surface area contributed by atoms with Gasteiger partial charge in [0.1, 0.15) is 5.60 Å². The quantitative estimate of drug-likeness (QED) is 0.119. The van der Waals surface area contributed by atoms with Crippen LogP contribution < -0.4 is 16.0 Å². The third kappa shape index (κ3) is 12.9. The van der Waals surface area contributed by atoms with E-state index in [0.717, 1.165) is 70.8 Å². The zero-order valence-corrected chi connectivity index (χ0v) is 27.5. The maximum absolute atomic E-state index is 13.5. The number of hydrogen-bond donors (Lipinski definition) is 3. The lowest BCUT2D eigenvalue weighted by Crippen LogP contribution is -2.49. The third-order valence-corrected chi connectivity index (χ3v) is 8.43. The van der Waals surface area contributed by atoms with Crippen molar-refractivity contribution in [2.45, 2.75) is 123 Å². The summed E-state index contributed by atoms with van der Waals surface area (Å²) in [5.74, 6) is -0.585. The average molecular weight is 594 g/mol. The molecule has 42 heavy (non-hydrogen) atoms. The van der Waals surface area contributed by atoms with E-state index in [0.29, 0.717) is 32.5 Å². The van der Waals surface area contributed by atoms with Crippen LogP contribution in [0.3, 0.4) is 0 Å². The zero-order valence-electron chi connectivity index (χ0n) is 27.5. The van der Waals surface area contributed by atoms with Crippen molar-refractivity contribution in [2.75, 3.05) is 40.3 Å². The van der Waals surface area contributed by atoms with Crippen LogP contribution in [0.25, 0.3) is 0 Å². The predicted octanol–water partition coefficient (Wildman–Crippen LogP) is 5.01. The van der Waals surface area contributed by atoms with Crippen LogP contribution in [0.2, 0.25) is 0 Å². The van der Waals surface area contributed by atoms with Crippen LogP contribution >= 0.6 is 0 Å². The summed E-state index contributed by atoms with van der Waals surface area (Å²) in [6, 6.07) is 0.204. The standard InChI is InChI=1S/C32H59N5O5/c1-8-24(28(39)41-29(33-9-2)34-20-15-21-37(6)7)25-16-11-12-17-26(25)36-27(38)22-32(18-13-10-14-19-32)23-35-30(40)42-31(3,4)5/h24-26H,8-23H2,1-7H3,(H,33,34)(H,35,40)(H,36,38)/t24-,25-,26-/m0/s1. The molecule has 0 heterocycles. The fraction of sp³-hybridized carbons (Fsp3) is 0.875. The molecule has 0 aromatic carbocycles. The molecule has 0 spiro atoms. The van der Waals surface area contributed by atoms with Crippen molar-refractivity contribution in [2.24, 2.45) is 22.2 Å². The van der Waals surface area contributed by atoms with E-state index in [1.807, 2.05) is 48.7 Å². The number of aliphatic imine (C=N–C) groups is 1. The van der Waals surface area contributed by atoms with E-state index in [2.05, 4.69) is 25.8 Å². The lowest BCUT2D eigenvalue weighted by molar-refractivity contribution is -0.144. The van der Waals surface area contributed by atoms with Crippen LogP contribution in [0.5, 0.6) is 0 Å². The Labute approximate surface area is 254 Å². The molecule has 2 fully saturated rings. The van der Waals surface area contributed by atoms with Crippen LogP contribution in [-0.4, -0.2) is 80.8 Å². The van der Waals surface area contributed by atoms with Crippen LogP contribution in [-0.2, 0) is 19.1 Å². The molecular formula is C32H59N5O5. The summed E-state index contributed by atoms with van der Waals surface area (Å²) in [7, 11) is 4.05. The minimum absolute atomic E-state index is 0.00111. The van der Waals surface area contributed by atoms with Crippen molar-refractivity contribution in [3.8, 4) is 0 Å². The van der Waals surface area contributed by atoms with Gasteiger partial charge in [-0.1, -0.05) is 39.0 Å². The van der Waals surface area contributed by atoms with Gasteiger partial charge in [-0.25, -0.2) is 9.79 Å². The Hall–Kier alpha value is -2.36. The predicted molar refractivity (Wildman–Crippen MR) is 167 cm³/mol. The van der Waals surface area contributed by atoms with Gasteiger partial charge in [0, 0.05) is 32.1 Å². The zero-order chi connectivity index (χ0) is 31.2. The Bertz CT molecular complexity index is 879. The van der Waals surface area contributed by atoms with Gasteiger partial charge in [0.2, 0.25) is 5.91 Å². The van der Waals surface area contributed by atoms with Gasteiger partial charge >= 0.3 is 12.1 Å². The fourth-order valence-electron chi connectivity index (χ4n) is 6.37. The van der Waals surface area contributed by atoms with Crippen molar-refractivity contribution in [3.63, 3.8) is 0 Å². The van der Waals surface area contributed by atoms with Gasteiger partial charge < -0.3 is 30.3 Å². The molecule has 0 bridgehead atoms. The van der Waals surface area contributed by atoms with Crippen molar-refractivity contribution < 1.29 is 23.9 Å². The Morgan fingerprint density at radius 3 is 2.31 bits per heavy atom. The number of nitrogens with zero attached hydrogens (tertiary/aromatic N) is 2. The van der Waals surface area contributed by atoms with Crippen LogP contribution in [0.1, 0.15) is 112 Å². The molecule has 2 aliphatic rings. The molecule has 0 radical (unpaired) electrons. The molecule has 0 aromatic rings. The molecule has 242 valence electrons. The minimum atomic E-state index is -0.570. The molecule has 2 saturated carbocycles. The Kier molecular flexibility index (Phi) is 15.1. The van der Waals surface area contributed by atoms with E-state index in [1.165, 1.54) is 0 Å². The molecule has 2 rings (SSSR count). The maximum atomic E-state index is 13.5. The Balaban J connectivity index is 2.05. The molecular weight excluding hydrogens is 534 g/mol. The minimum Gasteiger partial charge on any atom is -0.444 e. The molecule has 3 atom stereocenters. The lowest BCUT2D eigenvalue weighted by Gasteiger charge is -2.39. The summed E-state index contributed by atoms with van der Waals surface area (Å²) >= 11 is 0. The number of esters is 1. The molecule has 0 aromatic heterocycles. The molecule has 10 heteroatoms. The monoisotopic (exact) mass is 593 g/mol. The highest BCUT2D eigenvalue weighted by atomic mass is 16.6. The van der Waals surface area contributed by atoms with E-state index < -0.39 is 11.7 Å². The largest absolute Gasteiger partial charge is 0.444 e. The number of amidine groups is 1. The summed E-state index contributed by atoms with van der Waals surface area (Å²) in [6.45, 7) is 12.0. The van der Waals surface area contributed by atoms with Gasteiger partial charge in [0.15, 0.2) is 0 Å². The summed E-state index contributed by atoms with van der Waals surface area (Å²) in [6.07, 6.45) is 10.2. The first kappa shape index (κ1) is 35.8. The van der Waals surface area contributed by atoms with Crippen molar-refractivity contribution in [1.29, 1.82) is 0 Å². The summed E-state index contributed by atoms with van der Waals surface area (Å²) in [5.41, 5.74) is -0.851. The van der Waals surface area contributed by atoms with E-state index >= 15 is 0 Å². The van der Waals surface area contributed by atoms with Crippen molar-refractivity contribution >= 4 is 24.0 Å². The number of hydrogen-bond acceptors (Lipinski definition) is 7. The number of ether oxygens (including phenoxy) is 2. The summed E-state index contributed by atoms with van der Waals surface area (Å²) in [4.78, 5) is 46.0. The van der Waals surface area contributed by atoms with E-state index in [-0.39, 0.29) is 41.2 Å². The Morgan fingerprint density at radius 2 is 1.69 bits per heavy atom. The molecule has 2 amide bonds. The smallest absolute Gasteiger partial charge is 0.407 e. The molecule has 0 aliphatic heterocycles. The Morgan fingerprint density at radius 1 is 1.00 bits per heavy atom. The maximum Gasteiger partial charge on any atom is 0.407 e. The van der Waals surface area contributed by atoms with Gasteiger partial charge in [0.05, 0.1) is 5.92 Å². The van der Waals surface area contributed by atoms with E-state index in [1.54, 1.807) is 0 Å². The van der Waals surface area contributed by atoms with Gasteiger partial charge in [-0.2, -0.15) is 0 Å². The summed E-state index contributed by atoms with van der Waals surface area (Å²) in [5, 5.41) is 9.36. The second-order valence-electron chi connectivity index (χ2n) is 13.5. The SMILES string of the molecule is CCNC(=NCCCN(C)C)OC(=O)[C@@H](CC)[C@@H]1CCCC[C@@H]1NC(=O)CC1(CNC(=O)OC(C)(C)C)CCCCC1. The first-order chi connectivity index (χ1) is 19.9. The first-order valence-corrected chi connectivity index (χ1v) is 16.3. The summed E-state index contributed by atoms with van der Waals surface area (Å²) < 4.78 is 11.3. The number of rotatable bonds is 13. The van der Waals surface area contributed by atoms with Gasteiger partial charge in [-0.15, -0.1) is 0 Å². The first-order valence-electron chi connectivity index (χ1n) is 16.3. The highest BCUT2D eigenvalue weighted by molar-refractivity contribution is 5.88. The van der Waals surface area contributed by atoms with Gasteiger partial charge in [0.25, 0.3) is 6.02 Å². The second-order valence-corrected chi connectivity index (χ2v) is 13.5. The fourth-order valence-corrected chi connectivity index (χ4v) is 6.37. The van der Waals surface area contributed by atoms with Gasteiger partial charge in [-0.05, 0) is 98.2 Å². The van der Waals surface area contributed by atoms with Crippen molar-refractivity contribution in [1.82, 2.24) is 20.9 Å². The van der Waals surface area contributed by atoms with Crippen LogP contribution in [0, 0.1) is 17.3 Å². The molecule has 0 unspecified atom stereocenters. The average Bonchev–Trinajstić information content (AvgIpc) is 2.91. The number of carbonyl (C=O) groups is 3. The molecule has 3 N–H and O–H groups in total. The normalized spacial score (nSPS) is 21.8. The molecule has 10 nitrogen and oxygen atoms in total. The number of nitrogens with one attached hydrogen (secondary N) is 3. The number of carbonyl (C=O) groups excluding carboxylic acids is 3. The third-order valence-electron chi connectivity index (χ3n) is 8.43. The van der Waals surface area contributed by atoms with Crippen LogP contribution in [0.15, 0.2) is 4.99 Å². The van der Waals surface area contributed by atoms with Crippen LogP contribution in [0.4, 0.5) is 4.79 Å². The number of alkyl carbamates (subject to hydrolysis) is 1. The topological polar surface area (TPSA) is 121 Å². The second kappa shape index (κ2) is 17.7. The number of amides is 2. The van der Waals surface area contributed by atoms with Crippen molar-refractivity contribution in [3.05, 3.63) is 0 Å². The van der Waals surface area contributed by atoms with Gasteiger partial charge in [-0.3, -0.25) is 9.59 Å². The highest BCUT2D eigenvalue weighted by Crippen LogP contribution is 2.39. The highest BCUT2D eigenvalue weighted by Gasteiger charge is 2.39. The molecule has 0 saturated heterocycles. The van der Waals surface area contributed by atoms with E-state index in [9.17, 15) is 14.4 Å². The molecule has 2 aliphatic carbocycles. The lowest BCUT2D eigenvalue weighted by atomic mass is 9.71. The van der Waals surface area contributed by atoms with E-state index in [4.69, 9.17) is 9.47 Å².